The van der Waals surface area contributed by atoms with Crippen molar-refractivity contribution >= 4 is 0 Å². The van der Waals surface area contributed by atoms with E-state index in [4.69, 9.17) is 9.47 Å². The lowest BCUT2D eigenvalue weighted by Crippen LogP contribution is -2.19. The number of aryl methyl sites for hydroxylation is 1. The molecule has 1 unspecified atom stereocenters. The van der Waals surface area contributed by atoms with E-state index in [0.29, 0.717) is 11.5 Å². The smallest absolute Gasteiger partial charge is 0.119 e. The SMILES string of the molecule is COc1cccc(CCC2=C3CC(OC)C[C@]3(C)CC=C2C)c1. The van der Waals surface area contributed by atoms with Crippen LogP contribution in [0.3, 0.4) is 0 Å². The molecule has 0 radical (unpaired) electrons. The second kappa shape index (κ2) is 6.52. The highest BCUT2D eigenvalue weighted by atomic mass is 16.5. The number of hydrogen-bond donors (Lipinski definition) is 0. The average Bonchev–Trinajstić information content (AvgIpc) is 2.91. The van der Waals surface area contributed by atoms with Crippen LogP contribution in [0, 0.1) is 5.41 Å². The third-order valence-electron chi connectivity index (χ3n) is 5.67. The Morgan fingerprint density at radius 3 is 2.78 bits per heavy atom. The van der Waals surface area contributed by atoms with Crippen molar-refractivity contribution in [3.63, 3.8) is 0 Å². The summed E-state index contributed by atoms with van der Waals surface area (Å²) < 4.78 is 11.0. The molecule has 1 aromatic rings. The minimum atomic E-state index is 0.309. The van der Waals surface area contributed by atoms with Crippen LogP contribution in [0.5, 0.6) is 5.75 Å². The van der Waals surface area contributed by atoms with E-state index >= 15 is 0 Å². The highest BCUT2D eigenvalue weighted by Crippen LogP contribution is 2.52. The molecule has 2 nitrogen and oxygen atoms in total. The van der Waals surface area contributed by atoms with Gasteiger partial charge in [-0.1, -0.05) is 36.3 Å². The number of ether oxygens (including phenoxy) is 2. The van der Waals surface area contributed by atoms with Crippen molar-refractivity contribution in [2.75, 3.05) is 14.2 Å². The van der Waals surface area contributed by atoms with Crippen LogP contribution in [0.2, 0.25) is 0 Å². The maximum Gasteiger partial charge on any atom is 0.119 e. The van der Waals surface area contributed by atoms with Crippen LogP contribution in [0.1, 0.15) is 45.1 Å². The van der Waals surface area contributed by atoms with E-state index in [1.165, 1.54) is 11.1 Å². The lowest BCUT2D eigenvalue weighted by atomic mass is 9.73. The molecule has 2 heteroatoms. The second-order valence-electron chi connectivity index (χ2n) is 7.23. The summed E-state index contributed by atoms with van der Waals surface area (Å²) in [6.45, 7) is 4.68. The van der Waals surface area contributed by atoms with Gasteiger partial charge in [-0.05, 0) is 67.7 Å². The molecule has 0 aromatic heterocycles. The number of allylic oxidation sites excluding steroid dienone is 3. The summed E-state index contributed by atoms with van der Waals surface area (Å²) in [7, 11) is 3.58. The van der Waals surface area contributed by atoms with Crippen molar-refractivity contribution in [3.05, 3.63) is 52.6 Å². The van der Waals surface area contributed by atoms with E-state index in [1.54, 1.807) is 18.3 Å². The molecule has 0 saturated heterocycles. The molecule has 2 aliphatic rings. The zero-order chi connectivity index (χ0) is 16.4. The Labute approximate surface area is 140 Å². The monoisotopic (exact) mass is 312 g/mol. The van der Waals surface area contributed by atoms with Crippen LogP contribution in [0.25, 0.3) is 0 Å². The van der Waals surface area contributed by atoms with Gasteiger partial charge in [-0.25, -0.2) is 0 Å². The molecule has 124 valence electrons. The highest BCUT2D eigenvalue weighted by molar-refractivity contribution is 5.44. The van der Waals surface area contributed by atoms with Gasteiger partial charge in [0.2, 0.25) is 0 Å². The Morgan fingerprint density at radius 2 is 2.04 bits per heavy atom. The molecule has 1 fully saturated rings. The lowest BCUT2D eigenvalue weighted by molar-refractivity contribution is 0.0977. The maximum absolute atomic E-state index is 5.67. The summed E-state index contributed by atoms with van der Waals surface area (Å²) in [5.74, 6) is 0.946. The molecule has 2 aliphatic carbocycles. The zero-order valence-corrected chi connectivity index (χ0v) is 14.8. The quantitative estimate of drug-likeness (QED) is 0.754. The molecule has 0 N–H and O–H groups in total. The molecule has 0 heterocycles. The fourth-order valence-electron chi connectivity index (χ4n) is 4.22. The summed E-state index contributed by atoms with van der Waals surface area (Å²) >= 11 is 0. The normalized spacial score (nSPS) is 27.0. The summed E-state index contributed by atoms with van der Waals surface area (Å²) in [6.07, 6.45) is 8.42. The third-order valence-corrected chi connectivity index (χ3v) is 5.67. The standard InChI is InChI=1S/C21H28O2/c1-15-10-11-21(2)14-18(23-4)13-20(21)19(15)9-8-16-6-5-7-17(12-16)22-3/h5-7,10,12,18H,8-9,11,13-14H2,1-4H3/t18?,21-/m0/s1. The topological polar surface area (TPSA) is 18.5 Å². The van der Waals surface area contributed by atoms with Crippen LogP contribution in [-0.2, 0) is 11.2 Å². The van der Waals surface area contributed by atoms with Crippen LogP contribution in [0.4, 0.5) is 0 Å². The van der Waals surface area contributed by atoms with Crippen molar-refractivity contribution in [2.45, 2.75) is 52.1 Å². The van der Waals surface area contributed by atoms with Gasteiger partial charge in [0.1, 0.15) is 5.75 Å². The van der Waals surface area contributed by atoms with Crippen LogP contribution < -0.4 is 4.74 Å². The highest BCUT2D eigenvalue weighted by Gasteiger charge is 2.42. The first-order valence-corrected chi connectivity index (χ1v) is 8.61. The number of benzene rings is 1. The zero-order valence-electron chi connectivity index (χ0n) is 14.8. The van der Waals surface area contributed by atoms with Crippen molar-refractivity contribution in [1.29, 1.82) is 0 Å². The summed E-state index contributed by atoms with van der Waals surface area (Å²) in [5.41, 5.74) is 6.34. The summed E-state index contributed by atoms with van der Waals surface area (Å²) in [6, 6.07) is 8.44. The molecule has 2 atom stereocenters. The predicted octanol–water partition coefficient (Wildman–Crippen LogP) is 5.09. The Balaban J connectivity index is 1.81. The second-order valence-corrected chi connectivity index (χ2v) is 7.23. The van der Waals surface area contributed by atoms with Crippen molar-refractivity contribution in [3.8, 4) is 5.75 Å². The molecular formula is C21H28O2. The molecular weight excluding hydrogens is 284 g/mol. The number of methoxy groups -OCH3 is 2. The molecule has 0 amide bonds. The van der Waals surface area contributed by atoms with Gasteiger partial charge in [0.25, 0.3) is 0 Å². The average molecular weight is 312 g/mol. The predicted molar refractivity (Wildman–Crippen MR) is 94.9 cm³/mol. The lowest BCUT2D eigenvalue weighted by Gasteiger charge is -2.32. The Morgan fingerprint density at radius 1 is 1.22 bits per heavy atom. The molecule has 23 heavy (non-hydrogen) atoms. The molecule has 1 aromatic carbocycles. The fraction of sp³-hybridized carbons (Fsp3) is 0.524. The minimum Gasteiger partial charge on any atom is -0.497 e. The van der Waals surface area contributed by atoms with Crippen LogP contribution in [-0.4, -0.2) is 20.3 Å². The Hall–Kier alpha value is -1.54. The third kappa shape index (κ3) is 3.23. The summed E-state index contributed by atoms with van der Waals surface area (Å²) in [4.78, 5) is 0. The van der Waals surface area contributed by atoms with Crippen LogP contribution >= 0.6 is 0 Å². The van der Waals surface area contributed by atoms with E-state index in [9.17, 15) is 0 Å². The molecule has 0 bridgehead atoms. The van der Waals surface area contributed by atoms with E-state index in [1.807, 2.05) is 13.2 Å². The van der Waals surface area contributed by atoms with Gasteiger partial charge in [0.05, 0.1) is 13.2 Å². The van der Waals surface area contributed by atoms with Crippen LogP contribution in [0.15, 0.2) is 47.1 Å². The van der Waals surface area contributed by atoms with Gasteiger partial charge < -0.3 is 9.47 Å². The van der Waals surface area contributed by atoms with Gasteiger partial charge in [0, 0.05) is 7.11 Å². The van der Waals surface area contributed by atoms with Crippen molar-refractivity contribution < 1.29 is 9.47 Å². The Bertz CT molecular complexity index is 641. The van der Waals surface area contributed by atoms with E-state index in [0.717, 1.165) is 37.9 Å². The van der Waals surface area contributed by atoms with E-state index in [-0.39, 0.29) is 0 Å². The molecule has 3 rings (SSSR count). The first-order valence-electron chi connectivity index (χ1n) is 8.61. The number of hydrogen-bond acceptors (Lipinski definition) is 2. The maximum atomic E-state index is 5.67. The van der Waals surface area contributed by atoms with E-state index < -0.39 is 0 Å². The fourth-order valence-corrected chi connectivity index (χ4v) is 4.22. The minimum absolute atomic E-state index is 0.309. The van der Waals surface area contributed by atoms with Gasteiger partial charge in [-0.3, -0.25) is 0 Å². The molecule has 1 saturated carbocycles. The van der Waals surface area contributed by atoms with Gasteiger partial charge in [0.15, 0.2) is 0 Å². The molecule has 0 spiro atoms. The van der Waals surface area contributed by atoms with Crippen molar-refractivity contribution in [1.82, 2.24) is 0 Å². The first-order chi connectivity index (χ1) is 11.1. The van der Waals surface area contributed by atoms with Crippen molar-refractivity contribution in [2.24, 2.45) is 5.41 Å². The first kappa shape index (κ1) is 16.3. The molecule has 0 aliphatic heterocycles. The number of rotatable bonds is 5. The number of fused-ring (bicyclic) bond motifs is 1. The van der Waals surface area contributed by atoms with Gasteiger partial charge >= 0.3 is 0 Å². The van der Waals surface area contributed by atoms with Gasteiger partial charge in [-0.2, -0.15) is 0 Å². The largest absolute Gasteiger partial charge is 0.497 e. The Kier molecular flexibility index (Phi) is 4.63. The van der Waals surface area contributed by atoms with E-state index in [2.05, 4.69) is 38.1 Å². The van der Waals surface area contributed by atoms with Gasteiger partial charge in [-0.15, -0.1) is 0 Å². The summed E-state index contributed by atoms with van der Waals surface area (Å²) in [5, 5.41) is 0.